The van der Waals surface area contributed by atoms with Gasteiger partial charge in [0.15, 0.2) is 11.5 Å². The number of carboxylic acids is 1. The summed E-state index contributed by atoms with van der Waals surface area (Å²) >= 11 is 0. The zero-order valence-electron chi connectivity index (χ0n) is 9.99. The fourth-order valence-electron chi connectivity index (χ4n) is 2.30. The quantitative estimate of drug-likeness (QED) is 0.840. The van der Waals surface area contributed by atoms with Gasteiger partial charge in [-0.05, 0) is 30.9 Å². The molecule has 1 aromatic carbocycles. The number of hydrogen-bond acceptors (Lipinski definition) is 3. The lowest BCUT2D eigenvalue weighted by molar-refractivity contribution is -0.140. The summed E-state index contributed by atoms with van der Waals surface area (Å²) in [6.45, 7) is 1.95. The van der Waals surface area contributed by atoms with Gasteiger partial charge in [0, 0.05) is 5.56 Å². The molecule has 1 aliphatic rings. The first-order valence-corrected chi connectivity index (χ1v) is 5.69. The Morgan fingerprint density at radius 2 is 2.12 bits per heavy atom. The highest BCUT2D eigenvalue weighted by Gasteiger charge is 2.54. The Kier molecular flexibility index (Phi) is 2.73. The molecule has 0 spiro atoms. The lowest BCUT2D eigenvalue weighted by Crippen LogP contribution is -2.21. The molecular formula is C13H16O4. The molecule has 1 aliphatic carbocycles. The normalized spacial score (nSPS) is 16.6. The molecular weight excluding hydrogens is 220 g/mol. The highest BCUT2D eigenvalue weighted by molar-refractivity contribution is 5.87. The summed E-state index contributed by atoms with van der Waals surface area (Å²) in [4.78, 5) is 11.4. The first-order chi connectivity index (χ1) is 8.06. The zero-order chi connectivity index (χ0) is 12.6. The molecule has 0 aliphatic heterocycles. The van der Waals surface area contributed by atoms with Crippen LogP contribution in [-0.2, 0) is 16.6 Å². The Morgan fingerprint density at radius 3 is 2.53 bits per heavy atom. The zero-order valence-corrected chi connectivity index (χ0v) is 9.99. The van der Waals surface area contributed by atoms with Crippen molar-refractivity contribution in [3.8, 4) is 11.5 Å². The number of benzene rings is 1. The SMILES string of the molecule is CCc1ccc(OC)c(O)c1C1(C(=O)O)CC1. The molecule has 4 heteroatoms. The molecule has 0 bridgehead atoms. The topological polar surface area (TPSA) is 66.8 Å². The Labute approximate surface area is 99.8 Å². The lowest BCUT2D eigenvalue weighted by atomic mass is 9.89. The molecule has 0 aromatic heterocycles. The second-order valence-electron chi connectivity index (χ2n) is 4.39. The summed E-state index contributed by atoms with van der Waals surface area (Å²) in [7, 11) is 1.46. The number of carbonyl (C=O) groups is 1. The molecule has 0 amide bonds. The average molecular weight is 236 g/mol. The minimum atomic E-state index is -0.899. The monoisotopic (exact) mass is 236 g/mol. The van der Waals surface area contributed by atoms with Crippen LogP contribution in [0.1, 0.15) is 30.9 Å². The van der Waals surface area contributed by atoms with Crippen LogP contribution in [0.4, 0.5) is 0 Å². The van der Waals surface area contributed by atoms with E-state index in [0.717, 1.165) is 5.56 Å². The van der Waals surface area contributed by atoms with Crippen molar-refractivity contribution in [1.29, 1.82) is 0 Å². The van der Waals surface area contributed by atoms with Crippen LogP contribution < -0.4 is 4.74 Å². The third-order valence-electron chi connectivity index (χ3n) is 3.47. The smallest absolute Gasteiger partial charge is 0.314 e. The lowest BCUT2D eigenvalue weighted by Gasteiger charge is -2.18. The predicted molar refractivity (Wildman–Crippen MR) is 62.6 cm³/mol. The van der Waals surface area contributed by atoms with E-state index in [0.29, 0.717) is 30.6 Å². The summed E-state index contributed by atoms with van der Waals surface area (Å²) in [6, 6.07) is 3.51. The van der Waals surface area contributed by atoms with E-state index in [-0.39, 0.29) is 5.75 Å². The summed E-state index contributed by atoms with van der Waals surface area (Å²) in [6.07, 6.45) is 1.86. The van der Waals surface area contributed by atoms with Gasteiger partial charge in [-0.15, -0.1) is 0 Å². The van der Waals surface area contributed by atoms with Crippen LogP contribution in [0.3, 0.4) is 0 Å². The first-order valence-electron chi connectivity index (χ1n) is 5.69. The van der Waals surface area contributed by atoms with E-state index in [1.165, 1.54) is 7.11 Å². The van der Waals surface area contributed by atoms with Crippen molar-refractivity contribution < 1.29 is 19.7 Å². The molecule has 0 radical (unpaired) electrons. The molecule has 1 saturated carbocycles. The molecule has 2 N–H and O–H groups in total. The number of carboxylic acid groups (broad SMARTS) is 1. The second-order valence-corrected chi connectivity index (χ2v) is 4.39. The minimum Gasteiger partial charge on any atom is -0.504 e. The van der Waals surface area contributed by atoms with Crippen molar-refractivity contribution >= 4 is 5.97 Å². The van der Waals surface area contributed by atoms with Crippen LogP contribution >= 0.6 is 0 Å². The number of phenolic OH excluding ortho intramolecular Hbond substituents is 1. The third kappa shape index (κ3) is 1.64. The van der Waals surface area contributed by atoms with Crippen LogP contribution in [0.15, 0.2) is 12.1 Å². The maximum atomic E-state index is 11.4. The Bertz CT molecular complexity index is 461. The second kappa shape index (κ2) is 3.95. The van der Waals surface area contributed by atoms with E-state index < -0.39 is 11.4 Å². The van der Waals surface area contributed by atoms with Gasteiger partial charge in [-0.1, -0.05) is 13.0 Å². The van der Waals surface area contributed by atoms with Crippen LogP contribution in [0.25, 0.3) is 0 Å². The van der Waals surface area contributed by atoms with E-state index in [2.05, 4.69) is 0 Å². The van der Waals surface area contributed by atoms with E-state index in [1.807, 2.05) is 13.0 Å². The highest BCUT2D eigenvalue weighted by atomic mass is 16.5. The standard InChI is InChI=1S/C13H16O4/c1-3-8-4-5-9(17-2)11(14)10(8)13(6-7-13)12(15)16/h4-5,14H,3,6-7H2,1-2H3,(H,15,16). The molecule has 2 rings (SSSR count). The van der Waals surface area contributed by atoms with Crippen molar-refractivity contribution in [2.45, 2.75) is 31.6 Å². The Morgan fingerprint density at radius 1 is 1.47 bits per heavy atom. The van der Waals surface area contributed by atoms with Gasteiger partial charge in [0.2, 0.25) is 0 Å². The van der Waals surface area contributed by atoms with Gasteiger partial charge >= 0.3 is 5.97 Å². The van der Waals surface area contributed by atoms with Crippen molar-refractivity contribution in [3.05, 3.63) is 23.3 Å². The number of rotatable bonds is 4. The largest absolute Gasteiger partial charge is 0.504 e. The maximum absolute atomic E-state index is 11.4. The van der Waals surface area contributed by atoms with Crippen LogP contribution in [-0.4, -0.2) is 23.3 Å². The summed E-state index contributed by atoms with van der Waals surface area (Å²) < 4.78 is 5.04. The molecule has 0 heterocycles. The molecule has 92 valence electrons. The number of aromatic hydroxyl groups is 1. The number of phenols is 1. The van der Waals surface area contributed by atoms with Crippen molar-refractivity contribution in [1.82, 2.24) is 0 Å². The van der Waals surface area contributed by atoms with Gasteiger partial charge in [-0.2, -0.15) is 0 Å². The fraction of sp³-hybridized carbons (Fsp3) is 0.462. The van der Waals surface area contributed by atoms with Gasteiger partial charge in [0.25, 0.3) is 0 Å². The molecule has 1 aromatic rings. The predicted octanol–water partition coefficient (Wildman–Crippen LogP) is 2.08. The van der Waals surface area contributed by atoms with E-state index in [4.69, 9.17) is 4.74 Å². The van der Waals surface area contributed by atoms with Gasteiger partial charge < -0.3 is 14.9 Å². The first kappa shape index (κ1) is 11.8. The maximum Gasteiger partial charge on any atom is 0.314 e. The number of aryl methyl sites for hydroxylation is 1. The van der Waals surface area contributed by atoms with E-state index in [1.54, 1.807) is 6.07 Å². The van der Waals surface area contributed by atoms with Gasteiger partial charge in [0.1, 0.15) is 0 Å². The molecule has 4 nitrogen and oxygen atoms in total. The van der Waals surface area contributed by atoms with Gasteiger partial charge in [0.05, 0.1) is 12.5 Å². The molecule has 0 saturated heterocycles. The van der Waals surface area contributed by atoms with Crippen molar-refractivity contribution in [2.24, 2.45) is 0 Å². The molecule has 1 fully saturated rings. The third-order valence-corrected chi connectivity index (χ3v) is 3.47. The Hall–Kier alpha value is -1.71. The number of ether oxygens (including phenoxy) is 1. The van der Waals surface area contributed by atoms with Crippen LogP contribution in [0, 0.1) is 0 Å². The van der Waals surface area contributed by atoms with E-state index in [9.17, 15) is 15.0 Å². The summed E-state index contributed by atoms with van der Waals surface area (Å²) in [5, 5.41) is 19.5. The molecule has 0 atom stereocenters. The van der Waals surface area contributed by atoms with Crippen LogP contribution in [0.5, 0.6) is 11.5 Å². The summed E-state index contributed by atoms with van der Waals surface area (Å²) in [5.41, 5.74) is 0.513. The number of hydrogen-bond donors (Lipinski definition) is 2. The van der Waals surface area contributed by atoms with Crippen LogP contribution in [0.2, 0.25) is 0 Å². The minimum absolute atomic E-state index is 0.0215. The Balaban J connectivity index is 2.62. The number of methoxy groups -OCH3 is 1. The molecule has 0 unspecified atom stereocenters. The van der Waals surface area contributed by atoms with Crippen molar-refractivity contribution in [2.75, 3.05) is 7.11 Å². The van der Waals surface area contributed by atoms with E-state index >= 15 is 0 Å². The average Bonchev–Trinajstić information content (AvgIpc) is 3.09. The highest BCUT2D eigenvalue weighted by Crippen LogP contribution is 2.54. The summed E-state index contributed by atoms with van der Waals surface area (Å²) in [5.74, 6) is -0.549. The van der Waals surface area contributed by atoms with Gasteiger partial charge in [-0.25, -0.2) is 0 Å². The molecule has 17 heavy (non-hydrogen) atoms. The number of aliphatic carboxylic acids is 1. The van der Waals surface area contributed by atoms with Crippen molar-refractivity contribution in [3.63, 3.8) is 0 Å². The van der Waals surface area contributed by atoms with Gasteiger partial charge in [-0.3, -0.25) is 4.79 Å². The fourth-order valence-corrected chi connectivity index (χ4v) is 2.30.